The second-order valence-electron chi connectivity index (χ2n) is 6.38. The van der Waals surface area contributed by atoms with Gasteiger partial charge in [-0.2, -0.15) is 0 Å². The third-order valence-corrected chi connectivity index (χ3v) is 4.86. The predicted molar refractivity (Wildman–Crippen MR) is 84.4 cm³/mol. The van der Waals surface area contributed by atoms with E-state index in [0.29, 0.717) is 5.82 Å². The Morgan fingerprint density at radius 1 is 1.20 bits per heavy atom. The smallest absolute Gasteiger partial charge is 0.128 e. The number of aryl methyl sites for hydroxylation is 1. The van der Waals surface area contributed by atoms with E-state index in [1.807, 2.05) is 6.92 Å². The molecule has 20 heavy (non-hydrogen) atoms. The highest BCUT2D eigenvalue weighted by atomic mass is 15.2. The first-order chi connectivity index (χ1) is 9.47. The summed E-state index contributed by atoms with van der Waals surface area (Å²) >= 11 is 0. The second-order valence-corrected chi connectivity index (χ2v) is 6.38. The van der Waals surface area contributed by atoms with Crippen LogP contribution in [0.3, 0.4) is 0 Å². The van der Waals surface area contributed by atoms with Gasteiger partial charge in [0.05, 0.1) is 6.04 Å². The zero-order valence-corrected chi connectivity index (χ0v) is 13.0. The normalized spacial score (nSPS) is 20.6. The zero-order chi connectivity index (χ0) is 14.8. The van der Waals surface area contributed by atoms with Crippen molar-refractivity contribution in [3.63, 3.8) is 0 Å². The lowest BCUT2D eigenvalue weighted by Crippen LogP contribution is -2.52. The first-order valence-electron chi connectivity index (χ1n) is 7.62. The number of nitrogen functional groups attached to an aromatic ring is 1. The van der Waals surface area contributed by atoms with Crippen LogP contribution in [0.4, 0.5) is 5.82 Å². The maximum atomic E-state index is 6.68. The molecule has 4 N–H and O–H groups in total. The maximum absolute atomic E-state index is 6.68. The molecule has 1 aromatic heterocycles. The van der Waals surface area contributed by atoms with Gasteiger partial charge in [0.2, 0.25) is 0 Å². The molecule has 1 aliphatic carbocycles. The standard InChI is InChI=1S/C16H28N4/c1-12-10-13(15(18)19-11-12)14(17)16(20(2)3)8-6-4-5-7-9-16/h10-11,14H,4-9,17H2,1-3H3,(H2,18,19). The minimum Gasteiger partial charge on any atom is -0.383 e. The van der Waals surface area contributed by atoms with Gasteiger partial charge in [0.25, 0.3) is 0 Å². The summed E-state index contributed by atoms with van der Waals surface area (Å²) in [6.45, 7) is 2.04. The third kappa shape index (κ3) is 2.81. The number of rotatable bonds is 3. The summed E-state index contributed by atoms with van der Waals surface area (Å²) in [7, 11) is 4.29. The molecule has 0 radical (unpaired) electrons. The summed E-state index contributed by atoms with van der Waals surface area (Å²) in [5, 5.41) is 0. The summed E-state index contributed by atoms with van der Waals surface area (Å²) in [6.07, 6.45) is 9.17. The highest BCUT2D eigenvalue weighted by Gasteiger charge is 2.40. The maximum Gasteiger partial charge on any atom is 0.128 e. The molecule has 0 aliphatic heterocycles. The van der Waals surface area contributed by atoms with E-state index in [0.717, 1.165) is 24.0 Å². The average molecular weight is 276 g/mol. The molecule has 112 valence electrons. The molecule has 0 amide bonds. The largest absolute Gasteiger partial charge is 0.383 e. The number of nitrogens with two attached hydrogens (primary N) is 2. The van der Waals surface area contributed by atoms with Crippen LogP contribution in [0.1, 0.15) is 55.7 Å². The van der Waals surface area contributed by atoms with Gasteiger partial charge in [-0.05, 0) is 45.5 Å². The van der Waals surface area contributed by atoms with Crippen LogP contribution in [-0.2, 0) is 0 Å². The van der Waals surface area contributed by atoms with E-state index in [2.05, 4.69) is 30.0 Å². The number of pyridine rings is 1. The topological polar surface area (TPSA) is 68.2 Å². The fraction of sp³-hybridized carbons (Fsp3) is 0.688. The number of nitrogens with zero attached hydrogens (tertiary/aromatic N) is 2. The Morgan fingerprint density at radius 3 is 2.35 bits per heavy atom. The van der Waals surface area contributed by atoms with E-state index in [1.54, 1.807) is 6.20 Å². The van der Waals surface area contributed by atoms with Gasteiger partial charge in [0, 0.05) is 17.3 Å². The van der Waals surface area contributed by atoms with Crippen LogP contribution in [0.5, 0.6) is 0 Å². The van der Waals surface area contributed by atoms with Crippen molar-refractivity contribution in [2.75, 3.05) is 19.8 Å². The highest BCUT2D eigenvalue weighted by Crippen LogP contribution is 2.40. The van der Waals surface area contributed by atoms with Crippen molar-refractivity contribution in [2.24, 2.45) is 5.73 Å². The summed E-state index contributed by atoms with van der Waals surface area (Å²) in [5.41, 5.74) is 14.9. The van der Waals surface area contributed by atoms with Crippen LogP contribution in [0.25, 0.3) is 0 Å². The Bertz CT molecular complexity index is 448. The molecule has 4 heteroatoms. The molecular formula is C16H28N4. The Kier molecular flexibility index (Phi) is 4.66. The lowest BCUT2D eigenvalue weighted by Gasteiger charge is -2.44. The van der Waals surface area contributed by atoms with Gasteiger partial charge in [-0.1, -0.05) is 25.7 Å². The molecule has 1 aromatic rings. The summed E-state index contributed by atoms with van der Waals surface area (Å²) in [6, 6.07) is 2.02. The van der Waals surface area contributed by atoms with Crippen molar-refractivity contribution in [1.82, 2.24) is 9.88 Å². The monoisotopic (exact) mass is 276 g/mol. The molecule has 0 spiro atoms. The van der Waals surface area contributed by atoms with Crippen molar-refractivity contribution in [3.8, 4) is 0 Å². The molecule has 1 unspecified atom stereocenters. The van der Waals surface area contributed by atoms with E-state index >= 15 is 0 Å². The molecule has 2 rings (SSSR count). The third-order valence-electron chi connectivity index (χ3n) is 4.86. The molecule has 0 bridgehead atoms. The van der Waals surface area contributed by atoms with Gasteiger partial charge in [-0.15, -0.1) is 0 Å². The summed E-state index contributed by atoms with van der Waals surface area (Å²) < 4.78 is 0. The van der Waals surface area contributed by atoms with Gasteiger partial charge < -0.3 is 16.4 Å². The number of anilines is 1. The molecule has 4 nitrogen and oxygen atoms in total. The predicted octanol–water partition coefficient (Wildman–Crippen LogP) is 2.63. The van der Waals surface area contributed by atoms with Gasteiger partial charge in [0.1, 0.15) is 5.82 Å². The Morgan fingerprint density at radius 2 is 1.80 bits per heavy atom. The number of hydrogen-bond acceptors (Lipinski definition) is 4. The average Bonchev–Trinajstić information content (AvgIpc) is 2.67. The quantitative estimate of drug-likeness (QED) is 0.833. The number of hydrogen-bond donors (Lipinski definition) is 2. The molecule has 1 saturated carbocycles. The van der Waals surface area contributed by atoms with E-state index in [9.17, 15) is 0 Å². The van der Waals surface area contributed by atoms with Gasteiger partial charge in [-0.3, -0.25) is 0 Å². The first kappa shape index (κ1) is 15.3. The first-order valence-corrected chi connectivity index (χ1v) is 7.62. The van der Waals surface area contributed by atoms with Gasteiger partial charge >= 0.3 is 0 Å². The van der Waals surface area contributed by atoms with Crippen molar-refractivity contribution in [3.05, 3.63) is 23.4 Å². The van der Waals surface area contributed by atoms with Crippen molar-refractivity contribution in [1.29, 1.82) is 0 Å². The fourth-order valence-corrected chi connectivity index (χ4v) is 3.52. The van der Waals surface area contributed by atoms with Crippen LogP contribution in [0, 0.1) is 6.92 Å². The van der Waals surface area contributed by atoms with Crippen LogP contribution in [0.15, 0.2) is 12.3 Å². The fourth-order valence-electron chi connectivity index (χ4n) is 3.52. The Hall–Kier alpha value is -1.13. The van der Waals surface area contributed by atoms with Crippen LogP contribution in [0.2, 0.25) is 0 Å². The van der Waals surface area contributed by atoms with E-state index in [1.165, 1.54) is 25.7 Å². The lowest BCUT2D eigenvalue weighted by molar-refractivity contribution is 0.0970. The number of aromatic nitrogens is 1. The molecular weight excluding hydrogens is 248 g/mol. The van der Waals surface area contributed by atoms with Crippen molar-refractivity contribution >= 4 is 5.82 Å². The minimum atomic E-state index is -0.0806. The van der Waals surface area contributed by atoms with Crippen molar-refractivity contribution < 1.29 is 0 Å². The molecule has 0 saturated heterocycles. The Labute approximate surface area is 122 Å². The van der Waals surface area contributed by atoms with Crippen LogP contribution < -0.4 is 11.5 Å². The van der Waals surface area contributed by atoms with Gasteiger partial charge in [0.15, 0.2) is 0 Å². The molecule has 1 aliphatic rings. The lowest BCUT2D eigenvalue weighted by atomic mass is 9.78. The summed E-state index contributed by atoms with van der Waals surface area (Å²) in [4.78, 5) is 6.60. The molecule has 1 fully saturated rings. The van der Waals surface area contributed by atoms with Crippen LogP contribution in [-0.4, -0.2) is 29.5 Å². The van der Waals surface area contributed by atoms with E-state index in [4.69, 9.17) is 11.5 Å². The van der Waals surface area contributed by atoms with Gasteiger partial charge in [-0.25, -0.2) is 4.98 Å². The minimum absolute atomic E-state index is 0.0000926. The summed E-state index contributed by atoms with van der Waals surface area (Å²) in [5.74, 6) is 0.577. The molecule has 1 atom stereocenters. The van der Waals surface area contributed by atoms with Crippen LogP contribution >= 0.6 is 0 Å². The highest BCUT2D eigenvalue weighted by molar-refractivity contribution is 5.44. The second kappa shape index (κ2) is 6.10. The molecule has 1 heterocycles. The SMILES string of the molecule is Cc1cnc(N)c(C(N)C2(N(C)C)CCCCCC2)c1. The molecule has 0 aromatic carbocycles. The van der Waals surface area contributed by atoms with Crippen molar-refractivity contribution in [2.45, 2.75) is 57.0 Å². The Balaban J connectivity index is 2.40. The van der Waals surface area contributed by atoms with E-state index < -0.39 is 0 Å². The zero-order valence-electron chi connectivity index (χ0n) is 13.0. The number of likely N-dealkylation sites (N-methyl/N-ethyl adjacent to an activating group) is 1. The van der Waals surface area contributed by atoms with E-state index in [-0.39, 0.29) is 11.6 Å².